The number of nitrogens with zero attached hydrogens (tertiary/aromatic N) is 2. The minimum atomic E-state index is 0.437. The summed E-state index contributed by atoms with van der Waals surface area (Å²) in [5.74, 6) is 0. The first kappa shape index (κ1) is 11.7. The molecule has 2 aromatic carbocycles. The van der Waals surface area contributed by atoms with Crippen LogP contribution in [0, 0.1) is 6.92 Å². The number of rotatable bonds is 0. The van der Waals surface area contributed by atoms with Crippen LogP contribution in [0.15, 0.2) is 47.5 Å². The SMILES string of the molecule is Cc1cccc2c1N=CN1CCc3ccccc3C1C2. The van der Waals surface area contributed by atoms with Crippen LogP contribution in [0.2, 0.25) is 0 Å². The Morgan fingerprint density at radius 3 is 2.85 bits per heavy atom. The lowest BCUT2D eigenvalue weighted by atomic mass is 9.89. The Morgan fingerprint density at radius 1 is 1.05 bits per heavy atom. The van der Waals surface area contributed by atoms with Crippen molar-refractivity contribution in [3.63, 3.8) is 0 Å². The topological polar surface area (TPSA) is 15.6 Å². The molecule has 2 heterocycles. The number of fused-ring (bicyclic) bond motifs is 4. The summed E-state index contributed by atoms with van der Waals surface area (Å²) in [6.45, 7) is 3.21. The molecule has 2 aromatic rings. The molecule has 0 saturated carbocycles. The van der Waals surface area contributed by atoms with Crippen molar-refractivity contribution >= 4 is 12.0 Å². The van der Waals surface area contributed by atoms with Crippen molar-refractivity contribution in [2.75, 3.05) is 6.54 Å². The van der Waals surface area contributed by atoms with Gasteiger partial charge in [-0.15, -0.1) is 0 Å². The largest absolute Gasteiger partial charge is 0.355 e. The van der Waals surface area contributed by atoms with E-state index in [-0.39, 0.29) is 0 Å². The van der Waals surface area contributed by atoms with Crippen LogP contribution in [0.25, 0.3) is 0 Å². The molecule has 1 atom stereocenters. The van der Waals surface area contributed by atoms with E-state index in [1.807, 2.05) is 0 Å². The lowest BCUT2D eigenvalue weighted by Crippen LogP contribution is -2.34. The Morgan fingerprint density at radius 2 is 1.90 bits per heavy atom. The molecule has 0 amide bonds. The molecule has 0 fully saturated rings. The fraction of sp³-hybridized carbons (Fsp3) is 0.278. The van der Waals surface area contributed by atoms with Crippen molar-refractivity contribution in [1.82, 2.24) is 4.90 Å². The molecule has 0 spiro atoms. The fourth-order valence-electron chi connectivity index (χ4n) is 3.45. The summed E-state index contributed by atoms with van der Waals surface area (Å²) in [7, 11) is 0. The van der Waals surface area contributed by atoms with Crippen molar-refractivity contribution < 1.29 is 0 Å². The molecule has 2 aliphatic heterocycles. The highest BCUT2D eigenvalue weighted by Crippen LogP contribution is 2.37. The summed E-state index contributed by atoms with van der Waals surface area (Å²) in [5, 5.41) is 0. The van der Waals surface area contributed by atoms with E-state index in [1.54, 1.807) is 0 Å². The number of aryl methyl sites for hydroxylation is 1. The molecule has 0 N–H and O–H groups in total. The van der Waals surface area contributed by atoms with Crippen LogP contribution in [0.3, 0.4) is 0 Å². The van der Waals surface area contributed by atoms with Crippen LogP contribution in [0.4, 0.5) is 5.69 Å². The van der Waals surface area contributed by atoms with Crippen LogP contribution in [0.5, 0.6) is 0 Å². The fourth-order valence-corrected chi connectivity index (χ4v) is 3.45. The summed E-state index contributed by atoms with van der Waals surface area (Å²) in [6.07, 6.45) is 4.22. The molecule has 2 aliphatic rings. The molecular weight excluding hydrogens is 244 g/mol. The number of hydrogen-bond donors (Lipinski definition) is 0. The predicted octanol–water partition coefficient (Wildman–Crippen LogP) is 3.81. The third-order valence-electron chi connectivity index (χ3n) is 4.52. The summed E-state index contributed by atoms with van der Waals surface area (Å²) >= 11 is 0. The summed E-state index contributed by atoms with van der Waals surface area (Å²) in [6, 6.07) is 15.8. The van der Waals surface area contributed by atoms with Crippen molar-refractivity contribution in [3.8, 4) is 0 Å². The summed E-state index contributed by atoms with van der Waals surface area (Å²) < 4.78 is 0. The van der Waals surface area contributed by atoms with Gasteiger partial charge in [-0.2, -0.15) is 0 Å². The summed E-state index contributed by atoms with van der Waals surface area (Å²) in [5.41, 5.74) is 6.77. The van der Waals surface area contributed by atoms with Gasteiger partial charge < -0.3 is 4.90 Å². The molecule has 2 heteroatoms. The van der Waals surface area contributed by atoms with E-state index in [0.717, 1.165) is 19.4 Å². The van der Waals surface area contributed by atoms with E-state index in [9.17, 15) is 0 Å². The van der Waals surface area contributed by atoms with Gasteiger partial charge in [0, 0.05) is 6.54 Å². The zero-order chi connectivity index (χ0) is 13.5. The van der Waals surface area contributed by atoms with Gasteiger partial charge in [-0.05, 0) is 42.0 Å². The smallest absolute Gasteiger partial charge is 0.0917 e. The Kier molecular flexibility index (Phi) is 2.62. The Hall–Kier alpha value is -2.09. The highest BCUT2D eigenvalue weighted by atomic mass is 15.2. The number of aliphatic imine (C=N–C) groups is 1. The molecule has 0 bridgehead atoms. The van der Waals surface area contributed by atoms with E-state index in [4.69, 9.17) is 4.99 Å². The minimum absolute atomic E-state index is 0.437. The maximum absolute atomic E-state index is 4.74. The van der Waals surface area contributed by atoms with E-state index >= 15 is 0 Å². The van der Waals surface area contributed by atoms with Gasteiger partial charge in [0.1, 0.15) is 0 Å². The first-order valence-electron chi connectivity index (χ1n) is 7.29. The molecule has 0 saturated heterocycles. The second kappa shape index (κ2) is 4.48. The van der Waals surface area contributed by atoms with Gasteiger partial charge in [-0.3, -0.25) is 0 Å². The monoisotopic (exact) mass is 262 g/mol. The third kappa shape index (κ3) is 1.75. The zero-order valence-corrected chi connectivity index (χ0v) is 11.7. The van der Waals surface area contributed by atoms with E-state index in [1.165, 1.54) is 27.9 Å². The second-order valence-corrected chi connectivity index (χ2v) is 5.73. The van der Waals surface area contributed by atoms with Gasteiger partial charge in [0.25, 0.3) is 0 Å². The van der Waals surface area contributed by atoms with Crippen LogP contribution < -0.4 is 0 Å². The first-order valence-corrected chi connectivity index (χ1v) is 7.29. The van der Waals surface area contributed by atoms with Crippen LogP contribution in [0.1, 0.15) is 28.3 Å². The zero-order valence-electron chi connectivity index (χ0n) is 11.7. The molecular formula is C18H18N2. The van der Waals surface area contributed by atoms with Gasteiger partial charge in [0.15, 0.2) is 0 Å². The highest BCUT2D eigenvalue weighted by molar-refractivity contribution is 5.68. The van der Waals surface area contributed by atoms with Crippen molar-refractivity contribution in [1.29, 1.82) is 0 Å². The van der Waals surface area contributed by atoms with Crippen LogP contribution in [-0.2, 0) is 12.8 Å². The average molecular weight is 262 g/mol. The lowest BCUT2D eigenvalue weighted by molar-refractivity contribution is 0.308. The molecule has 0 radical (unpaired) electrons. The molecule has 20 heavy (non-hydrogen) atoms. The molecule has 4 rings (SSSR count). The maximum Gasteiger partial charge on any atom is 0.0917 e. The van der Waals surface area contributed by atoms with Gasteiger partial charge in [0.05, 0.1) is 18.1 Å². The third-order valence-corrected chi connectivity index (χ3v) is 4.52. The van der Waals surface area contributed by atoms with E-state index in [2.05, 4.69) is 60.6 Å². The highest BCUT2D eigenvalue weighted by Gasteiger charge is 2.28. The van der Waals surface area contributed by atoms with E-state index in [0.29, 0.717) is 6.04 Å². The molecule has 1 unspecified atom stereocenters. The average Bonchev–Trinajstić information content (AvgIpc) is 2.67. The lowest BCUT2D eigenvalue weighted by Gasteiger charge is -2.35. The van der Waals surface area contributed by atoms with Crippen molar-refractivity contribution in [2.24, 2.45) is 4.99 Å². The van der Waals surface area contributed by atoms with Crippen molar-refractivity contribution in [3.05, 3.63) is 64.7 Å². The number of para-hydroxylation sites is 1. The second-order valence-electron chi connectivity index (χ2n) is 5.73. The van der Waals surface area contributed by atoms with Gasteiger partial charge in [-0.1, -0.05) is 42.5 Å². The van der Waals surface area contributed by atoms with Gasteiger partial charge in [0.2, 0.25) is 0 Å². The quantitative estimate of drug-likeness (QED) is 0.705. The predicted molar refractivity (Wildman–Crippen MR) is 82.6 cm³/mol. The first-order chi connectivity index (χ1) is 9.83. The van der Waals surface area contributed by atoms with Gasteiger partial charge >= 0.3 is 0 Å². The maximum atomic E-state index is 4.74. The standard InChI is InChI=1S/C18H18N2/c1-13-5-4-7-15-11-17-16-8-3-2-6-14(16)9-10-20(17)12-19-18(13)15/h2-8,12,17H,9-11H2,1H3. The normalized spacial score (nSPS) is 19.9. The molecule has 0 aliphatic carbocycles. The number of benzene rings is 2. The number of hydrogen-bond acceptors (Lipinski definition) is 2. The van der Waals surface area contributed by atoms with Gasteiger partial charge in [-0.25, -0.2) is 4.99 Å². The Bertz CT molecular complexity index is 688. The minimum Gasteiger partial charge on any atom is -0.355 e. The van der Waals surface area contributed by atoms with Crippen LogP contribution >= 0.6 is 0 Å². The van der Waals surface area contributed by atoms with E-state index < -0.39 is 0 Å². The summed E-state index contributed by atoms with van der Waals surface area (Å²) in [4.78, 5) is 7.15. The van der Waals surface area contributed by atoms with Crippen LogP contribution in [-0.4, -0.2) is 17.8 Å². The Labute approximate surface area is 119 Å². The Balaban J connectivity index is 1.83. The van der Waals surface area contributed by atoms with Crippen molar-refractivity contribution in [2.45, 2.75) is 25.8 Å². The molecule has 100 valence electrons. The molecule has 2 nitrogen and oxygen atoms in total. The molecule has 0 aromatic heterocycles.